The lowest BCUT2D eigenvalue weighted by atomic mass is 9.83. The van der Waals surface area contributed by atoms with Gasteiger partial charge in [-0.2, -0.15) is 0 Å². The molecule has 0 fully saturated rings. The number of hydrogen-bond donors (Lipinski definition) is 4. The molecule has 4 rings (SSSR count). The van der Waals surface area contributed by atoms with Crippen LogP contribution in [0.2, 0.25) is 0 Å². The molecule has 1 heterocycles. The van der Waals surface area contributed by atoms with Crippen LogP contribution in [0.4, 0.5) is 0 Å². The van der Waals surface area contributed by atoms with Crippen LogP contribution in [-0.2, 0) is 12.2 Å². The Morgan fingerprint density at radius 1 is 0.818 bits per heavy atom. The lowest BCUT2D eigenvalue weighted by molar-refractivity contribution is 0.0642. The van der Waals surface area contributed by atoms with E-state index in [2.05, 4.69) is 5.32 Å². The lowest BCUT2D eigenvalue weighted by Crippen LogP contribution is -2.50. The van der Waals surface area contributed by atoms with Gasteiger partial charge in [0.25, 0.3) is 0 Å². The van der Waals surface area contributed by atoms with Crippen molar-refractivity contribution in [3.8, 4) is 0 Å². The first-order chi connectivity index (χ1) is 15.8. The fourth-order valence-electron chi connectivity index (χ4n) is 4.16. The molecule has 0 aliphatic carbocycles. The van der Waals surface area contributed by atoms with Crippen LogP contribution in [0.5, 0.6) is 0 Å². The predicted octanol–water partition coefficient (Wildman–Crippen LogP) is 3.56. The second-order valence-corrected chi connectivity index (χ2v) is 7.51. The van der Waals surface area contributed by atoms with Crippen molar-refractivity contribution < 1.29 is 29.7 Å². The molecule has 166 valence electrons. The molecular formula is C25H20N2O6. The van der Waals surface area contributed by atoms with Gasteiger partial charge in [0, 0.05) is 30.1 Å². The van der Waals surface area contributed by atoms with Crippen molar-refractivity contribution in [2.45, 2.75) is 12.2 Å². The van der Waals surface area contributed by atoms with Crippen LogP contribution in [0.15, 0.2) is 85.2 Å². The Hall–Kier alpha value is -4.59. The number of nitrogens with zero attached hydrogens (tertiary/aromatic N) is 1. The third kappa shape index (κ3) is 3.78. The van der Waals surface area contributed by atoms with Gasteiger partial charge in [0.1, 0.15) is 0 Å². The third-order valence-electron chi connectivity index (χ3n) is 5.58. The van der Waals surface area contributed by atoms with Gasteiger partial charge in [-0.05, 0) is 17.7 Å². The van der Waals surface area contributed by atoms with E-state index in [1.54, 1.807) is 42.7 Å². The van der Waals surface area contributed by atoms with Crippen LogP contribution < -0.4 is 5.32 Å². The number of hydrogen-bond acceptors (Lipinski definition) is 5. The van der Waals surface area contributed by atoms with E-state index in [0.717, 1.165) is 11.6 Å². The van der Waals surface area contributed by atoms with E-state index in [0.29, 0.717) is 12.1 Å². The summed E-state index contributed by atoms with van der Waals surface area (Å²) in [5.74, 6) is -4.36. The summed E-state index contributed by atoms with van der Waals surface area (Å²) in [4.78, 5) is 38.0. The maximum Gasteiger partial charge on any atom is 0.337 e. The van der Waals surface area contributed by atoms with Crippen LogP contribution in [0.25, 0.3) is 0 Å². The summed E-state index contributed by atoms with van der Waals surface area (Å²) in [5, 5.41) is 32.6. The fraction of sp³-hybridized carbons (Fsp3) is 0.0800. The van der Waals surface area contributed by atoms with Crippen LogP contribution in [0, 0.1) is 0 Å². The van der Waals surface area contributed by atoms with Crippen LogP contribution in [0.3, 0.4) is 0 Å². The van der Waals surface area contributed by atoms with Gasteiger partial charge in [0.2, 0.25) is 0 Å². The Morgan fingerprint density at radius 2 is 1.45 bits per heavy atom. The Labute approximate surface area is 189 Å². The number of aromatic carboxylic acids is 3. The van der Waals surface area contributed by atoms with Crippen molar-refractivity contribution in [3.63, 3.8) is 0 Å². The SMILES string of the molecule is O=C(O)c1cc(C(=O)O)c(C(=O)O)c(C2(c3ccccc3)NC=CN2Cc2ccccc2)c1. The molecule has 0 spiro atoms. The maximum absolute atomic E-state index is 12.3. The van der Waals surface area contributed by atoms with Crippen molar-refractivity contribution in [1.82, 2.24) is 10.2 Å². The van der Waals surface area contributed by atoms with Crippen molar-refractivity contribution in [2.75, 3.05) is 0 Å². The number of carboxylic acids is 3. The quantitative estimate of drug-likeness (QED) is 0.436. The molecule has 8 nitrogen and oxygen atoms in total. The van der Waals surface area contributed by atoms with Crippen LogP contribution in [-0.4, -0.2) is 38.1 Å². The minimum absolute atomic E-state index is 0.0134. The minimum Gasteiger partial charge on any atom is -0.478 e. The van der Waals surface area contributed by atoms with E-state index in [1.165, 1.54) is 6.07 Å². The number of rotatable bonds is 7. The molecule has 33 heavy (non-hydrogen) atoms. The molecule has 3 aromatic carbocycles. The molecule has 0 bridgehead atoms. The fourth-order valence-corrected chi connectivity index (χ4v) is 4.16. The standard InChI is InChI=1S/C25H20N2O6/c28-22(29)17-13-19(23(30)31)21(24(32)33)20(14-17)25(18-9-5-2-6-10-18)26-11-12-27(25)15-16-7-3-1-4-8-16/h1-14,26H,15H2,(H,28,29)(H,30,31)(H,32,33). The molecular weight excluding hydrogens is 424 g/mol. The normalized spacial score (nSPS) is 16.9. The molecule has 4 N–H and O–H groups in total. The van der Waals surface area contributed by atoms with E-state index in [-0.39, 0.29) is 11.1 Å². The van der Waals surface area contributed by atoms with E-state index >= 15 is 0 Å². The molecule has 1 unspecified atom stereocenters. The molecule has 0 saturated heterocycles. The average molecular weight is 444 g/mol. The minimum atomic E-state index is -1.53. The highest BCUT2D eigenvalue weighted by Gasteiger charge is 2.45. The monoisotopic (exact) mass is 444 g/mol. The highest BCUT2D eigenvalue weighted by atomic mass is 16.4. The maximum atomic E-state index is 12.3. The topological polar surface area (TPSA) is 127 Å². The first-order valence-corrected chi connectivity index (χ1v) is 10.0. The molecule has 0 amide bonds. The van der Waals surface area contributed by atoms with Crippen molar-refractivity contribution in [1.29, 1.82) is 0 Å². The summed E-state index contributed by atoms with van der Waals surface area (Å²) in [6, 6.07) is 20.5. The van der Waals surface area contributed by atoms with Crippen LogP contribution in [0.1, 0.15) is 47.8 Å². The van der Waals surface area contributed by atoms with Gasteiger partial charge in [-0.25, -0.2) is 14.4 Å². The van der Waals surface area contributed by atoms with Crippen molar-refractivity contribution in [2.24, 2.45) is 0 Å². The van der Waals surface area contributed by atoms with Crippen LogP contribution >= 0.6 is 0 Å². The number of carbonyl (C=O) groups is 3. The molecule has 1 aliphatic rings. The average Bonchev–Trinajstić information content (AvgIpc) is 3.23. The van der Waals surface area contributed by atoms with E-state index < -0.39 is 34.7 Å². The Bertz CT molecular complexity index is 1260. The van der Waals surface area contributed by atoms with Gasteiger partial charge in [0.15, 0.2) is 5.66 Å². The molecule has 0 aromatic heterocycles. The molecule has 1 aliphatic heterocycles. The van der Waals surface area contributed by atoms with E-state index in [1.807, 2.05) is 35.2 Å². The summed E-state index contributed by atoms with van der Waals surface area (Å²) in [5.41, 5.74) is -1.20. The second-order valence-electron chi connectivity index (χ2n) is 7.51. The van der Waals surface area contributed by atoms with Crippen molar-refractivity contribution >= 4 is 17.9 Å². The Morgan fingerprint density at radius 3 is 2.03 bits per heavy atom. The molecule has 3 aromatic rings. The summed E-state index contributed by atoms with van der Waals surface area (Å²) < 4.78 is 0. The molecule has 0 saturated carbocycles. The highest BCUT2D eigenvalue weighted by Crippen LogP contribution is 2.41. The Kier molecular flexibility index (Phi) is 5.58. The van der Waals surface area contributed by atoms with Crippen molar-refractivity contribution in [3.05, 3.63) is 119 Å². The first kappa shape index (κ1) is 21.6. The van der Waals surface area contributed by atoms with E-state index in [4.69, 9.17) is 0 Å². The third-order valence-corrected chi connectivity index (χ3v) is 5.58. The summed E-state index contributed by atoms with van der Waals surface area (Å²) in [7, 11) is 0. The highest BCUT2D eigenvalue weighted by molar-refractivity contribution is 6.05. The number of benzene rings is 3. The summed E-state index contributed by atoms with van der Waals surface area (Å²) in [6.07, 6.45) is 3.37. The number of carboxylic acid groups (broad SMARTS) is 3. The molecule has 0 radical (unpaired) electrons. The number of nitrogens with one attached hydrogen (secondary N) is 1. The van der Waals surface area contributed by atoms with Gasteiger partial charge in [0.05, 0.1) is 16.7 Å². The largest absolute Gasteiger partial charge is 0.478 e. The molecule has 1 atom stereocenters. The zero-order valence-corrected chi connectivity index (χ0v) is 17.3. The predicted molar refractivity (Wildman–Crippen MR) is 119 cm³/mol. The van der Waals surface area contributed by atoms with Gasteiger partial charge in [-0.1, -0.05) is 60.7 Å². The molecule has 8 heteroatoms. The summed E-state index contributed by atoms with van der Waals surface area (Å²) in [6.45, 7) is 0.345. The summed E-state index contributed by atoms with van der Waals surface area (Å²) >= 11 is 0. The van der Waals surface area contributed by atoms with Gasteiger partial charge >= 0.3 is 17.9 Å². The van der Waals surface area contributed by atoms with Gasteiger partial charge in [-0.15, -0.1) is 0 Å². The van der Waals surface area contributed by atoms with Gasteiger partial charge < -0.3 is 25.5 Å². The first-order valence-electron chi connectivity index (χ1n) is 10.0. The zero-order valence-electron chi connectivity index (χ0n) is 17.3. The second kappa shape index (κ2) is 8.51. The van der Waals surface area contributed by atoms with Gasteiger partial charge in [-0.3, -0.25) is 0 Å². The van der Waals surface area contributed by atoms with E-state index in [9.17, 15) is 29.7 Å². The lowest BCUT2D eigenvalue weighted by Gasteiger charge is -2.41. The Balaban J connectivity index is 2.05. The smallest absolute Gasteiger partial charge is 0.337 e. The zero-order chi connectivity index (χ0) is 23.6.